The summed E-state index contributed by atoms with van der Waals surface area (Å²) in [5.41, 5.74) is 2.09. The van der Waals surface area contributed by atoms with Crippen LogP contribution >= 0.6 is 0 Å². The molecule has 1 aliphatic rings. The van der Waals surface area contributed by atoms with E-state index in [0.717, 1.165) is 31.9 Å². The number of para-hydroxylation sites is 1. The molecule has 1 N–H and O–H groups in total. The van der Waals surface area contributed by atoms with Crippen LogP contribution in [0.2, 0.25) is 0 Å². The van der Waals surface area contributed by atoms with E-state index in [1.807, 2.05) is 24.3 Å². The summed E-state index contributed by atoms with van der Waals surface area (Å²) in [6.07, 6.45) is -0.674. The zero-order valence-corrected chi connectivity index (χ0v) is 17.9. The van der Waals surface area contributed by atoms with Gasteiger partial charge >= 0.3 is 0 Å². The normalized spacial score (nSPS) is 15.4. The van der Waals surface area contributed by atoms with Crippen molar-refractivity contribution in [2.75, 3.05) is 44.2 Å². The van der Waals surface area contributed by atoms with Crippen LogP contribution in [0.4, 0.5) is 10.1 Å². The fourth-order valence-electron chi connectivity index (χ4n) is 3.90. The fraction of sp³-hybridized carbons (Fsp3) is 0.269. The second-order valence-electron chi connectivity index (χ2n) is 7.92. The average Bonchev–Trinajstić information content (AvgIpc) is 2.84. The molecule has 0 spiro atoms. The smallest absolute Gasteiger partial charge is 0.196 e. The topological polar surface area (TPSA) is 53.0 Å². The molecular formula is C26H27FN2O3. The van der Waals surface area contributed by atoms with Crippen LogP contribution in [0.25, 0.3) is 0 Å². The summed E-state index contributed by atoms with van der Waals surface area (Å²) in [5.74, 6) is 0.136. The highest BCUT2D eigenvalue weighted by atomic mass is 19.1. The number of hydrogen-bond acceptors (Lipinski definition) is 5. The molecule has 166 valence electrons. The van der Waals surface area contributed by atoms with Crippen molar-refractivity contribution in [2.45, 2.75) is 6.10 Å². The van der Waals surface area contributed by atoms with Gasteiger partial charge in [-0.2, -0.15) is 0 Å². The van der Waals surface area contributed by atoms with Crippen LogP contribution in [-0.2, 0) is 0 Å². The Balaban J connectivity index is 1.28. The van der Waals surface area contributed by atoms with Gasteiger partial charge in [-0.25, -0.2) is 4.39 Å². The van der Waals surface area contributed by atoms with E-state index < -0.39 is 6.10 Å². The number of benzene rings is 3. The van der Waals surface area contributed by atoms with E-state index in [2.05, 4.69) is 9.80 Å². The predicted molar refractivity (Wildman–Crippen MR) is 123 cm³/mol. The van der Waals surface area contributed by atoms with Crippen LogP contribution in [0.5, 0.6) is 5.75 Å². The number of β-amino-alcohol motifs (C(OH)–C–C–N with tert-alkyl or cyclic N) is 1. The van der Waals surface area contributed by atoms with Crippen molar-refractivity contribution >= 4 is 11.5 Å². The Morgan fingerprint density at radius 3 is 2.28 bits per heavy atom. The Kier molecular flexibility index (Phi) is 7.14. The van der Waals surface area contributed by atoms with Crippen LogP contribution in [0, 0.1) is 5.82 Å². The Morgan fingerprint density at radius 2 is 1.56 bits per heavy atom. The number of anilines is 1. The van der Waals surface area contributed by atoms with Crippen molar-refractivity contribution in [3.63, 3.8) is 0 Å². The van der Waals surface area contributed by atoms with Gasteiger partial charge in [0.25, 0.3) is 0 Å². The van der Waals surface area contributed by atoms with Gasteiger partial charge in [0.15, 0.2) is 5.78 Å². The summed E-state index contributed by atoms with van der Waals surface area (Å²) in [7, 11) is 0. The van der Waals surface area contributed by atoms with Gasteiger partial charge in [-0.05, 0) is 36.4 Å². The van der Waals surface area contributed by atoms with Crippen molar-refractivity contribution in [2.24, 2.45) is 0 Å². The average molecular weight is 435 g/mol. The third kappa shape index (κ3) is 5.52. The van der Waals surface area contributed by atoms with E-state index in [-0.39, 0.29) is 18.2 Å². The molecule has 0 radical (unpaired) electrons. The van der Waals surface area contributed by atoms with E-state index in [9.17, 15) is 14.3 Å². The second kappa shape index (κ2) is 10.4. The van der Waals surface area contributed by atoms with Gasteiger partial charge in [-0.1, -0.05) is 42.5 Å². The zero-order valence-electron chi connectivity index (χ0n) is 17.9. The summed E-state index contributed by atoms with van der Waals surface area (Å²) in [5, 5.41) is 10.5. The van der Waals surface area contributed by atoms with E-state index >= 15 is 0 Å². The Labute approximate surface area is 187 Å². The van der Waals surface area contributed by atoms with Crippen molar-refractivity contribution < 1.29 is 19.0 Å². The van der Waals surface area contributed by atoms with Crippen LogP contribution in [-0.4, -0.2) is 61.2 Å². The molecule has 3 aromatic carbocycles. The zero-order chi connectivity index (χ0) is 22.3. The first-order valence-corrected chi connectivity index (χ1v) is 10.8. The molecule has 1 heterocycles. The summed E-state index contributed by atoms with van der Waals surface area (Å²) >= 11 is 0. The highest BCUT2D eigenvalue weighted by molar-refractivity contribution is 6.10. The van der Waals surface area contributed by atoms with Gasteiger partial charge in [0.2, 0.25) is 0 Å². The Morgan fingerprint density at radius 1 is 0.906 bits per heavy atom. The van der Waals surface area contributed by atoms with Crippen molar-refractivity contribution in [3.05, 3.63) is 95.8 Å². The molecule has 1 atom stereocenters. The van der Waals surface area contributed by atoms with Crippen LogP contribution < -0.4 is 9.64 Å². The van der Waals surface area contributed by atoms with E-state index in [4.69, 9.17) is 4.74 Å². The number of rotatable bonds is 8. The van der Waals surface area contributed by atoms with Crippen molar-refractivity contribution in [1.29, 1.82) is 0 Å². The van der Waals surface area contributed by atoms with Gasteiger partial charge in [0, 0.05) is 44.0 Å². The molecule has 0 saturated carbocycles. The molecule has 32 heavy (non-hydrogen) atoms. The number of carbonyl (C=O) groups excluding carboxylic acids is 1. The highest BCUT2D eigenvalue weighted by Crippen LogP contribution is 2.22. The molecule has 0 aromatic heterocycles. The molecule has 6 heteroatoms. The lowest BCUT2D eigenvalue weighted by Crippen LogP contribution is -2.49. The quantitative estimate of drug-likeness (QED) is 0.549. The van der Waals surface area contributed by atoms with Gasteiger partial charge in [0.1, 0.15) is 24.3 Å². The lowest BCUT2D eigenvalue weighted by atomic mass is 10.0. The molecule has 1 aliphatic heterocycles. The minimum absolute atomic E-state index is 0.104. The number of ketones is 1. The maximum Gasteiger partial charge on any atom is 0.196 e. The molecule has 1 saturated heterocycles. The fourth-order valence-corrected chi connectivity index (χ4v) is 3.90. The summed E-state index contributed by atoms with van der Waals surface area (Å²) < 4.78 is 19.0. The lowest BCUT2D eigenvalue weighted by molar-refractivity contribution is 0.0657. The van der Waals surface area contributed by atoms with Gasteiger partial charge in [-0.3, -0.25) is 9.69 Å². The second-order valence-corrected chi connectivity index (χ2v) is 7.92. The van der Waals surface area contributed by atoms with Gasteiger partial charge in [-0.15, -0.1) is 0 Å². The molecule has 0 amide bonds. The highest BCUT2D eigenvalue weighted by Gasteiger charge is 2.21. The maximum atomic E-state index is 13.1. The third-order valence-corrected chi connectivity index (χ3v) is 5.63. The molecule has 0 aliphatic carbocycles. The maximum absolute atomic E-state index is 13.1. The molecule has 5 nitrogen and oxygen atoms in total. The summed E-state index contributed by atoms with van der Waals surface area (Å²) in [6.45, 7) is 3.83. The third-order valence-electron chi connectivity index (χ3n) is 5.63. The SMILES string of the molecule is O=C(c1ccccc1)c1ccccc1OC[C@H](O)CN1CCN(c2ccc(F)cc2)CC1. The van der Waals surface area contributed by atoms with E-state index in [0.29, 0.717) is 23.4 Å². The standard InChI is InChI=1S/C26H27FN2O3/c27-21-10-12-22(13-11-21)29-16-14-28(15-17-29)18-23(30)19-32-25-9-5-4-8-24(25)26(31)20-6-2-1-3-7-20/h1-13,23,30H,14-19H2/t23-/m1/s1. The first-order valence-electron chi connectivity index (χ1n) is 10.8. The van der Waals surface area contributed by atoms with Crippen LogP contribution in [0.3, 0.4) is 0 Å². The molecule has 3 aromatic rings. The lowest BCUT2D eigenvalue weighted by Gasteiger charge is -2.36. The minimum atomic E-state index is -0.674. The number of piperazine rings is 1. The summed E-state index contributed by atoms with van der Waals surface area (Å²) in [4.78, 5) is 17.2. The molecule has 4 rings (SSSR count). The minimum Gasteiger partial charge on any atom is -0.490 e. The van der Waals surface area contributed by atoms with Crippen molar-refractivity contribution in [3.8, 4) is 5.75 Å². The number of ether oxygens (including phenoxy) is 1. The predicted octanol–water partition coefficient (Wildman–Crippen LogP) is 3.62. The van der Waals surface area contributed by atoms with Crippen molar-refractivity contribution in [1.82, 2.24) is 4.90 Å². The number of aliphatic hydroxyl groups is 1. The number of halogens is 1. The van der Waals surface area contributed by atoms with Crippen LogP contribution in [0.1, 0.15) is 15.9 Å². The number of hydrogen-bond donors (Lipinski definition) is 1. The molecular weight excluding hydrogens is 407 g/mol. The first kappa shape index (κ1) is 22.0. The molecule has 0 unspecified atom stereocenters. The van der Waals surface area contributed by atoms with E-state index in [1.54, 1.807) is 42.5 Å². The Hall–Kier alpha value is -3.22. The van der Waals surface area contributed by atoms with Crippen LogP contribution in [0.15, 0.2) is 78.9 Å². The van der Waals surface area contributed by atoms with Gasteiger partial charge in [0.05, 0.1) is 5.56 Å². The first-order chi connectivity index (χ1) is 15.6. The largest absolute Gasteiger partial charge is 0.490 e. The number of nitrogens with zero attached hydrogens (tertiary/aromatic N) is 2. The molecule has 0 bridgehead atoms. The number of carbonyl (C=O) groups is 1. The summed E-state index contributed by atoms with van der Waals surface area (Å²) in [6, 6.07) is 22.7. The monoisotopic (exact) mass is 434 g/mol. The number of aliphatic hydroxyl groups excluding tert-OH is 1. The van der Waals surface area contributed by atoms with Gasteiger partial charge < -0.3 is 14.7 Å². The Bertz CT molecular complexity index is 1020. The van der Waals surface area contributed by atoms with E-state index in [1.165, 1.54) is 12.1 Å². The molecule has 1 fully saturated rings.